The molecule has 0 bridgehead atoms. The predicted octanol–water partition coefficient (Wildman–Crippen LogP) is 2.30. The quantitative estimate of drug-likeness (QED) is 0.937. The molecule has 106 valence electrons. The smallest absolute Gasteiger partial charge is 0.123 e. The Bertz CT molecular complexity index is 544. The van der Waals surface area contributed by atoms with Crippen LogP contribution in [-0.4, -0.2) is 36.6 Å². The van der Waals surface area contributed by atoms with Gasteiger partial charge in [0.2, 0.25) is 0 Å². The summed E-state index contributed by atoms with van der Waals surface area (Å²) in [7, 11) is 1.74. The van der Waals surface area contributed by atoms with Crippen LogP contribution in [0.15, 0.2) is 35.8 Å². The lowest BCUT2D eigenvalue weighted by Gasteiger charge is -2.36. The minimum absolute atomic E-state index is 0.337. The highest BCUT2D eigenvalue weighted by molar-refractivity contribution is 7.09. The Morgan fingerprint density at radius 1 is 1.45 bits per heavy atom. The Morgan fingerprint density at radius 3 is 3.15 bits per heavy atom. The topological polar surface area (TPSA) is 37.4 Å². The fourth-order valence-corrected chi connectivity index (χ4v) is 3.33. The number of aromatic nitrogens is 1. The fourth-order valence-electron chi connectivity index (χ4n) is 2.69. The summed E-state index contributed by atoms with van der Waals surface area (Å²) in [6, 6.07) is 8.62. The van der Waals surface area contributed by atoms with Crippen LogP contribution in [0.4, 0.5) is 0 Å². The van der Waals surface area contributed by atoms with Gasteiger partial charge in [0.15, 0.2) is 0 Å². The molecule has 1 N–H and O–H groups in total. The second-order valence-corrected chi connectivity index (χ2v) is 5.84. The van der Waals surface area contributed by atoms with Gasteiger partial charge in [0.1, 0.15) is 10.8 Å². The molecule has 0 amide bonds. The van der Waals surface area contributed by atoms with E-state index in [4.69, 9.17) is 4.74 Å². The van der Waals surface area contributed by atoms with Gasteiger partial charge in [-0.3, -0.25) is 4.90 Å². The summed E-state index contributed by atoms with van der Waals surface area (Å²) in [5.41, 5.74) is 1.25. The van der Waals surface area contributed by atoms with E-state index >= 15 is 0 Å². The van der Waals surface area contributed by atoms with Crippen molar-refractivity contribution in [3.63, 3.8) is 0 Å². The molecule has 4 nitrogen and oxygen atoms in total. The lowest BCUT2D eigenvalue weighted by atomic mass is 10.0. The summed E-state index contributed by atoms with van der Waals surface area (Å²) >= 11 is 1.72. The predicted molar refractivity (Wildman–Crippen MR) is 81.1 cm³/mol. The van der Waals surface area contributed by atoms with E-state index in [0.29, 0.717) is 6.04 Å². The first kappa shape index (κ1) is 13.5. The number of nitrogens with one attached hydrogen (secondary N) is 1. The third-order valence-corrected chi connectivity index (χ3v) is 4.44. The molecule has 1 atom stereocenters. The Hall–Kier alpha value is -1.43. The van der Waals surface area contributed by atoms with E-state index in [0.717, 1.165) is 31.9 Å². The molecule has 1 aromatic carbocycles. The zero-order chi connectivity index (χ0) is 13.8. The van der Waals surface area contributed by atoms with Gasteiger partial charge in [0, 0.05) is 36.8 Å². The lowest BCUT2D eigenvalue weighted by Crippen LogP contribution is -2.45. The highest BCUT2D eigenvalue weighted by atomic mass is 32.1. The van der Waals surface area contributed by atoms with Gasteiger partial charge < -0.3 is 10.1 Å². The first-order valence-corrected chi connectivity index (χ1v) is 7.72. The van der Waals surface area contributed by atoms with Crippen molar-refractivity contribution >= 4 is 11.3 Å². The Balaban J connectivity index is 1.84. The van der Waals surface area contributed by atoms with Crippen molar-refractivity contribution in [2.24, 2.45) is 0 Å². The van der Waals surface area contributed by atoms with Crippen LogP contribution in [-0.2, 0) is 6.54 Å². The molecule has 3 rings (SSSR count). The maximum atomic E-state index is 5.51. The van der Waals surface area contributed by atoms with Crippen LogP contribution < -0.4 is 10.1 Å². The molecule has 5 heteroatoms. The Morgan fingerprint density at radius 2 is 2.35 bits per heavy atom. The van der Waals surface area contributed by atoms with E-state index in [2.05, 4.69) is 27.3 Å². The van der Waals surface area contributed by atoms with E-state index in [1.807, 2.05) is 23.7 Å². The van der Waals surface area contributed by atoms with E-state index in [9.17, 15) is 0 Å². The van der Waals surface area contributed by atoms with Crippen molar-refractivity contribution in [1.29, 1.82) is 0 Å². The van der Waals surface area contributed by atoms with Gasteiger partial charge in [-0.25, -0.2) is 4.98 Å². The number of methoxy groups -OCH3 is 1. The number of benzene rings is 1. The van der Waals surface area contributed by atoms with E-state index in [1.165, 1.54) is 10.6 Å². The third kappa shape index (κ3) is 2.85. The van der Waals surface area contributed by atoms with Crippen LogP contribution in [0.2, 0.25) is 0 Å². The molecule has 1 unspecified atom stereocenters. The van der Waals surface area contributed by atoms with Gasteiger partial charge in [-0.05, 0) is 6.07 Å². The fraction of sp³-hybridized carbons (Fsp3) is 0.400. The van der Waals surface area contributed by atoms with Crippen molar-refractivity contribution in [3.8, 4) is 5.75 Å². The average molecular weight is 289 g/mol. The molecule has 2 aromatic rings. The molecule has 20 heavy (non-hydrogen) atoms. The monoisotopic (exact) mass is 289 g/mol. The zero-order valence-corrected chi connectivity index (χ0v) is 12.4. The van der Waals surface area contributed by atoms with Crippen LogP contribution in [0, 0.1) is 0 Å². The molecule has 0 aliphatic carbocycles. The van der Waals surface area contributed by atoms with Gasteiger partial charge in [0.05, 0.1) is 19.7 Å². The van der Waals surface area contributed by atoms with Crippen LogP contribution in [0.1, 0.15) is 16.6 Å². The van der Waals surface area contributed by atoms with Crippen LogP contribution in [0.25, 0.3) is 0 Å². The number of hydrogen-bond donors (Lipinski definition) is 1. The molecule has 1 saturated heterocycles. The first-order chi connectivity index (χ1) is 9.88. The Labute approximate surface area is 123 Å². The minimum atomic E-state index is 0.337. The standard InChI is InChI=1S/C15H19N3OS/c1-19-14-5-3-2-4-12(14)13-10-16-6-8-18(13)11-15-17-7-9-20-15/h2-5,7,9,13,16H,6,8,10-11H2,1H3. The highest BCUT2D eigenvalue weighted by Gasteiger charge is 2.26. The molecular formula is C15H19N3OS. The van der Waals surface area contributed by atoms with Crippen LogP contribution in [0.5, 0.6) is 5.75 Å². The average Bonchev–Trinajstić information content (AvgIpc) is 3.01. The molecule has 0 saturated carbocycles. The summed E-state index contributed by atoms with van der Waals surface area (Å²) in [6.45, 7) is 3.91. The summed E-state index contributed by atoms with van der Waals surface area (Å²) in [6.07, 6.45) is 1.88. The molecule has 1 fully saturated rings. The number of ether oxygens (including phenoxy) is 1. The minimum Gasteiger partial charge on any atom is -0.496 e. The lowest BCUT2D eigenvalue weighted by molar-refractivity contribution is 0.151. The van der Waals surface area contributed by atoms with Crippen molar-refractivity contribution < 1.29 is 4.74 Å². The van der Waals surface area contributed by atoms with Gasteiger partial charge in [0.25, 0.3) is 0 Å². The third-order valence-electron chi connectivity index (χ3n) is 3.67. The van der Waals surface area contributed by atoms with E-state index in [1.54, 1.807) is 18.4 Å². The zero-order valence-electron chi connectivity index (χ0n) is 11.6. The van der Waals surface area contributed by atoms with Crippen LogP contribution in [0.3, 0.4) is 0 Å². The second-order valence-electron chi connectivity index (χ2n) is 4.86. The Kier molecular flexibility index (Phi) is 4.30. The van der Waals surface area contributed by atoms with E-state index in [-0.39, 0.29) is 0 Å². The molecular weight excluding hydrogens is 270 g/mol. The normalized spacial score (nSPS) is 19.9. The molecule has 1 aliphatic heterocycles. The summed E-state index contributed by atoms with van der Waals surface area (Å²) in [5.74, 6) is 0.963. The number of hydrogen-bond acceptors (Lipinski definition) is 5. The van der Waals surface area contributed by atoms with E-state index < -0.39 is 0 Å². The van der Waals surface area contributed by atoms with Crippen molar-refractivity contribution in [2.75, 3.05) is 26.7 Å². The highest BCUT2D eigenvalue weighted by Crippen LogP contribution is 2.31. The maximum absolute atomic E-state index is 5.51. The molecule has 2 heterocycles. The molecule has 0 radical (unpaired) electrons. The maximum Gasteiger partial charge on any atom is 0.123 e. The summed E-state index contributed by atoms with van der Waals surface area (Å²) < 4.78 is 5.51. The number of thiazole rings is 1. The number of piperazine rings is 1. The van der Waals surface area contributed by atoms with Gasteiger partial charge >= 0.3 is 0 Å². The summed E-state index contributed by atoms with van der Waals surface area (Å²) in [4.78, 5) is 6.89. The molecule has 1 aliphatic rings. The van der Waals surface area contributed by atoms with Crippen molar-refractivity contribution in [1.82, 2.24) is 15.2 Å². The first-order valence-electron chi connectivity index (χ1n) is 6.84. The van der Waals surface area contributed by atoms with Gasteiger partial charge in [-0.1, -0.05) is 18.2 Å². The van der Waals surface area contributed by atoms with Gasteiger partial charge in [-0.2, -0.15) is 0 Å². The largest absolute Gasteiger partial charge is 0.496 e. The summed E-state index contributed by atoms with van der Waals surface area (Å²) in [5, 5.41) is 6.69. The number of rotatable bonds is 4. The molecule has 0 spiro atoms. The second kappa shape index (κ2) is 6.35. The van der Waals surface area contributed by atoms with Gasteiger partial charge in [-0.15, -0.1) is 11.3 Å². The number of nitrogens with zero attached hydrogens (tertiary/aromatic N) is 2. The van der Waals surface area contributed by atoms with Crippen LogP contribution >= 0.6 is 11.3 Å². The van der Waals surface area contributed by atoms with Crippen molar-refractivity contribution in [2.45, 2.75) is 12.6 Å². The SMILES string of the molecule is COc1ccccc1C1CNCCN1Cc1nccs1. The number of para-hydroxylation sites is 1. The molecule has 1 aromatic heterocycles. The van der Waals surface area contributed by atoms with Crippen molar-refractivity contribution in [3.05, 3.63) is 46.4 Å².